The van der Waals surface area contributed by atoms with E-state index >= 15 is 0 Å². The summed E-state index contributed by atoms with van der Waals surface area (Å²) in [7, 11) is 1.67. The molecule has 0 atom stereocenters. The fourth-order valence-corrected chi connectivity index (χ4v) is 5.39. The Balaban J connectivity index is 1.48. The van der Waals surface area contributed by atoms with Gasteiger partial charge >= 0.3 is 0 Å². The van der Waals surface area contributed by atoms with Gasteiger partial charge in [-0.1, -0.05) is 29.3 Å². The number of nitrogens with zero attached hydrogens (tertiary/aromatic N) is 5. The normalized spacial score (nSPS) is 14.2. The number of nitrogens with one attached hydrogen (secondary N) is 1. The highest BCUT2D eigenvalue weighted by Crippen LogP contribution is 2.40. The Labute approximate surface area is 248 Å². The highest BCUT2D eigenvalue weighted by Gasteiger charge is 2.24. The van der Waals surface area contributed by atoms with Crippen molar-refractivity contribution < 1.29 is 13.9 Å². The van der Waals surface area contributed by atoms with Crippen LogP contribution in [0.3, 0.4) is 0 Å². The Kier molecular flexibility index (Phi) is 8.84. The lowest BCUT2D eigenvalue weighted by Crippen LogP contribution is -2.25. The van der Waals surface area contributed by atoms with E-state index in [4.69, 9.17) is 48.4 Å². The molecule has 0 spiro atoms. The van der Waals surface area contributed by atoms with Gasteiger partial charge < -0.3 is 20.5 Å². The maximum Gasteiger partial charge on any atom is 0.229 e. The number of halogens is 3. The van der Waals surface area contributed by atoms with E-state index in [-0.39, 0.29) is 23.1 Å². The van der Waals surface area contributed by atoms with Crippen LogP contribution in [0.15, 0.2) is 36.4 Å². The SMILES string of the molecule is COC(C)(C)CCn1nc(N)c2c(-c3c(Cl)cccc3Cl)nc(Nc3ccc(OCCN4CCCC4)c(F)c3)nc21. The number of rotatable bonds is 11. The van der Waals surface area contributed by atoms with Gasteiger partial charge in [0.25, 0.3) is 0 Å². The van der Waals surface area contributed by atoms with Crippen molar-refractivity contribution in [1.29, 1.82) is 0 Å². The number of aromatic nitrogens is 4. The van der Waals surface area contributed by atoms with Crippen LogP contribution in [0.2, 0.25) is 10.0 Å². The molecule has 12 heteroatoms. The molecule has 0 radical (unpaired) electrons. The number of likely N-dealkylation sites (tertiary alicyclic amines) is 1. The van der Waals surface area contributed by atoms with Gasteiger partial charge in [0.15, 0.2) is 23.0 Å². The summed E-state index contributed by atoms with van der Waals surface area (Å²) < 4.78 is 28.0. The number of hydrogen-bond acceptors (Lipinski definition) is 8. The van der Waals surface area contributed by atoms with E-state index < -0.39 is 5.82 Å². The quantitative estimate of drug-likeness (QED) is 0.199. The topological polar surface area (TPSA) is 103 Å². The minimum absolute atomic E-state index is 0.196. The van der Waals surface area contributed by atoms with Crippen LogP contribution in [0.4, 0.5) is 21.8 Å². The lowest BCUT2D eigenvalue weighted by atomic mass is 10.1. The summed E-state index contributed by atoms with van der Waals surface area (Å²) in [6, 6.07) is 9.88. The molecule has 0 amide bonds. The number of ether oxygens (including phenoxy) is 2. The predicted molar refractivity (Wildman–Crippen MR) is 162 cm³/mol. The zero-order chi connectivity index (χ0) is 29.1. The standard InChI is InChI=1S/C29H34Cl2FN7O2/c1-29(2,40-3)11-14-39-27-24(26(33)37-39)25(23-19(30)7-6-8-20(23)31)35-28(36-27)34-18-9-10-22(21(32)17-18)41-16-15-38-12-4-5-13-38/h6-10,17H,4-5,11-16H2,1-3H3,(H2,33,37)(H,34,35,36). The molecule has 2 aromatic heterocycles. The van der Waals surface area contributed by atoms with Crippen molar-refractivity contribution in [1.82, 2.24) is 24.6 Å². The van der Waals surface area contributed by atoms with Crippen LogP contribution in [-0.4, -0.2) is 63.6 Å². The molecule has 1 aliphatic heterocycles. The summed E-state index contributed by atoms with van der Waals surface area (Å²) in [5.74, 6) is 0.163. The first-order valence-corrected chi connectivity index (χ1v) is 14.4. The fourth-order valence-electron chi connectivity index (χ4n) is 4.81. The maximum atomic E-state index is 15.0. The van der Waals surface area contributed by atoms with Crippen molar-refractivity contribution >= 4 is 51.7 Å². The molecular formula is C29H34Cl2FN7O2. The van der Waals surface area contributed by atoms with Crippen molar-refractivity contribution in [2.24, 2.45) is 0 Å². The molecular weight excluding hydrogens is 568 g/mol. The molecule has 0 unspecified atom stereocenters. The Morgan fingerprint density at radius 2 is 1.80 bits per heavy atom. The van der Waals surface area contributed by atoms with E-state index in [2.05, 4.69) is 15.3 Å². The largest absolute Gasteiger partial charge is 0.489 e. The van der Waals surface area contributed by atoms with E-state index in [1.165, 1.54) is 18.9 Å². The molecule has 0 saturated carbocycles. The summed E-state index contributed by atoms with van der Waals surface area (Å²) in [6.07, 6.45) is 3.05. The Bertz CT molecular complexity index is 1520. The first-order valence-electron chi connectivity index (χ1n) is 13.6. The molecule has 4 aromatic rings. The third-order valence-electron chi connectivity index (χ3n) is 7.35. The van der Waals surface area contributed by atoms with Crippen LogP contribution < -0.4 is 15.8 Å². The molecule has 1 aliphatic rings. The molecule has 1 fully saturated rings. The Hall–Kier alpha value is -3.18. The molecule has 3 N–H and O–H groups in total. The number of benzene rings is 2. The molecule has 218 valence electrons. The van der Waals surface area contributed by atoms with Gasteiger partial charge in [0.05, 0.1) is 26.7 Å². The van der Waals surface area contributed by atoms with Crippen molar-refractivity contribution in [2.75, 3.05) is 44.4 Å². The number of anilines is 3. The number of methoxy groups -OCH3 is 1. The van der Waals surface area contributed by atoms with Crippen molar-refractivity contribution in [3.63, 3.8) is 0 Å². The third-order valence-corrected chi connectivity index (χ3v) is 7.98. The molecule has 9 nitrogen and oxygen atoms in total. The predicted octanol–water partition coefficient (Wildman–Crippen LogP) is 6.55. The minimum atomic E-state index is -0.483. The van der Waals surface area contributed by atoms with E-state index in [1.54, 1.807) is 42.1 Å². The van der Waals surface area contributed by atoms with E-state index in [1.807, 2.05) is 13.8 Å². The minimum Gasteiger partial charge on any atom is -0.489 e. The first kappa shape index (κ1) is 29.3. The van der Waals surface area contributed by atoms with Crippen LogP contribution in [0.1, 0.15) is 33.1 Å². The van der Waals surface area contributed by atoms with Gasteiger partial charge in [0.1, 0.15) is 6.61 Å². The van der Waals surface area contributed by atoms with Crippen molar-refractivity contribution in [3.8, 4) is 17.0 Å². The van der Waals surface area contributed by atoms with Gasteiger partial charge in [-0.05, 0) is 70.5 Å². The second-order valence-corrected chi connectivity index (χ2v) is 11.5. The van der Waals surface area contributed by atoms with Crippen LogP contribution >= 0.6 is 23.2 Å². The van der Waals surface area contributed by atoms with Gasteiger partial charge in [-0.2, -0.15) is 10.1 Å². The third kappa shape index (κ3) is 6.67. The number of nitrogen functional groups attached to an aromatic ring is 1. The smallest absolute Gasteiger partial charge is 0.229 e. The molecule has 2 aromatic carbocycles. The number of fused-ring (bicyclic) bond motifs is 1. The van der Waals surface area contributed by atoms with Crippen LogP contribution in [0, 0.1) is 5.82 Å². The Morgan fingerprint density at radius 3 is 2.49 bits per heavy atom. The van der Waals surface area contributed by atoms with Gasteiger partial charge in [0.2, 0.25) is 5.95 Å². The second-order valence-electron chi connectivity index (χ2n) is 10.7. The summed E-state index contributed by atoms with van der Waals surface area (Å²) >= 11 is 13.2. The molecule has 1 saturated heterocycles. The molecule has 41 heavy (non-hydrogen) atoms. The lowest BCUT2D eigenvalue weighted by Gasteiger charge is -2.22. The van der Waals surface area contributed by atoms with Crippen LogP contribution in [0.5, 0.6) is 5.75 Å². The monoisotopic (exact) mass is 601 g/mol. The van der Waals surface area contributed by atoms with E-state index in [0.29, 0.717) is 57.6 Å². The second kappa shape index (κ2) is 12.4. The summed E-state index contributed by atoms with van der Waals surface area (Å²) in [5.41, 5.74) is 7.87. The van der Waals surface area contributed by atoms with Gasteiger partial charge in [-0.25, -0.2) is 14.1 Å². The zero-order valence-corrected chi connectivity index (χ0v) is 24.9. The lowest BCUT2D eigenvalue weighted by molar-refractivity contribution is 0.0116. The van der Waals surface area contributed by atoms with E-state index in [0.717, 1.165) is 19.6 Å². The molecule has 0 bridgehead atoms. The molecule has 3 heterocycles. The highest BCUT2D eigenvalue weighted by molar-refractivity contribution is 6.39. The van der Waals surface area contributed by atoms with Gasteiger partial charge in [-0.15, -0.1) is 0 Å². The van der Waals surface area contributed by atoms with Crippen LogP contribution in [0.25, 0.3) is 22.3 Å². The average Bonchev–Trinajstić information content (AvgIpc) is 3.56. The number of aryl methyl sites for hydroxylation is 1. The van der Waals surface area contributed by atoms with Crippen molar-refractivity contribution in [2.45, 2.75) is 45.3 Å². The summed E-state index contributed by atoms with van der Waals surface area (Å²) in [5, 5.41) is 8.98. The summed E-state index contributed by atoms with van der Waals surface area (Å²) in [6.45, 7) is 7.80. The summed E-state index contributed by atoms with van der Waals surface area (Å²) in [4.78, 5) is 11.8. The van der Waals surface area contributed by atoms with Gasteiger partial charge in [-0.3, -0.25) is 4.90 Å². The number of nitrogens with two attached hydrogens (primary N) is 1. The van der Waals surface area contributed by atoms with Crippen LogP contribution in [-0.2, 0) is 11.3 Å². The average molecular weight is 603 g/mol. The highest BCUT2D eigenvalue weighted by atomic mass is 35.5. The fraction of sp³-hybridized carbons (Fsp3) is 0.414. The Morgan fingerprint density at radius 1 is 1.07 bits per heavy atom. The first-order chi connectivity index (χ1) is 19.6. The van der Waals surface area contributed by atoms with Gasteiger partial charge in [0, 0.05) is 37.5 Å². The zero-order valence-electron chi connectivity index (χ0n) is 23.4. The molecule has 0 aliphatic carbocycles. The van der Waals surface area contributed by atoms with Crippen molar-refractivity contribution in [3.05, 3.63) is 52.3 Å². The van der Waals surface area contributed by atoms with E-state index in [9.17, 15) is 4.39 Å². The maximum absolute atomic E-state index is 15.0. The molecule has 5 rings (SSSR count). The number of hydrogen-bond donors (Lipinski definition) is 2.